The number of carbonyl (C=O) groups is 1. The van der Waals surface area contributed by atoms with E-state index in [1.807, 2.05) is 0 Å². The molecule has 0 aliphatic heterocycles. The van der Waals surface area contributed by atoms with Gasteiger partial charge in [-0.3, -0.25) is 4.79 Å². The SMILES string of the molecule is COc1cccc(CC(=O)Nc2cc(C)nn2-c2ccccc2C(F)(F)F)c1. The van der Waals surface area contributed by atoms with Crippen molar-refractivity contribution >= 4 is 11.7 Å². The zero-order chi connectivity index (χ0) is 20.3. The Balaban J connectivity index is 1.88. The third-order valence-corrected chi connectivity index (χ3v) is 4.04. The maximum atomic E-state index is 13.4. The van der Waals surface area contributed by atoms with Crippen molar-refractivity contribution in [3.63, 3.8) is 0 Å². The number of aromatic nitrogens is 2. The van der Waals surface area contributed by atoms with E-state index < -0.39 is 11.7 Å². The first-order valence-corrected chi connectivity index (χ1v) is 8.44. The average molecular weight is 389 g/mol. The second-order valence-corrected chi connectivity index (χ2v) is 6.17. The number of rotatable bonds is 5. The fraction of sp³-hybridized carbons (Fsp3) is 0.200. The lowest BCUT2D eigenvalue weighted by Crippen LogP contribution is -2.18. The van der Waals surface area contributed by atoms with Gasteiger partial charge in [0, 0.05) is 6.07 Å². The van der Waals surface area contributed by atoms with Crippen molar-refractivity contribution in [3.8, 4) is 11.4 Å². The molecular formula is C20H18F3N3O2. The van der Waals surface area contributed by atoms with Gasteiger partial charge in [0.15, 0.2) is 0 Å². The van der Waals surface area contributed by atoms with Crippen molar-refractivity contribution in [2.24, 2.45) is 0 Å². The lowest BCUT2D eigenvalue weighted by molar-refractivity contribution is -0.137. The van der Waals surface area contributed by atoms with Crippen LogP contribution in [0, 0.1) is 6.92 Å². The first-order valence-electron chi connectivity index (χ1n) is 8.44. The van der Waals surface area contributed by atoms with Crippen LogP contribution in [-0.2, 0) is 17.4 Å². The lowest BCUT2D eigenvalue weighted by atomic mass is 10.1. The van der Waals surface area contributed by atoms with Crippen LogP contribution in [0.3, 0.4) is 0 Å². The Kier molecular flexibility index (Phi) is 5.39. The van der Waals surface area contributed by atoms with Crippen LogP contribution in [0.1, 0.15) is 16.8 Å². The number of anilines is 1. The summed E-state index contributed by atoms with van der Waals surface area (Å²) in [4.78, 5) is 12.4. The Morgan fingerprint density at radius 2 is 1.89 bits per heavy atom. The number of carbonyl (C=O) groups excluding carboxylic acids is 1. The highest BCUT2D eigenvalue weighted by Crippen LogP contribution is 2.34. The number of nitrogens with zero attached hydrogens (tertiary/aromatic N) is 2. The van der Waals surface area contributed by atoms with Crippen LogP contribution in [0.2, 0.25) is 0 Å². The summed E-state index contributed by atoms with van der Waals surface area (Å²) < 4.78 is 46.3. The summed E-state index contributed by atoms with van der Waals surface area (Å²) in [5, 5.41) is 6.77. The second-order valence-electron chi connectivity index (χ2n) is 6.17. The molecule has 0 unspecified atom stereocenters. The van der Waals surface area contributed by atoms with Gasteiger partial charge >= 0.3 is 6.18 Å². The Hall–Kier alpha value is -3.29. The number of para-hydroxylation sites is 1. The minimum Gasteiger partial charge on any atom is -0.497 e. The fourth-order valence-corrected chi connectivity index (χ4v) is 2.83. The Morgan fingerprint density at radius 3 is 2.61 bits per heavy atom. The van der Waals surface area contributed by atoms with Crippen molar-refractivity contribution < 1.29 is 22.7 Å². The van der Waals surface area contributed by atoms with Gasteiger partial charge in [0.05, 0.1) is 30.5 Å². The van der Waals surface area contributed by atoms with Gasteiger partial charge < -0.3 is 10.1 Å². The van der Waals surface area contributed by atoms with Crippen LogP contribution in [0.4, 0.5) is 19.0 Å². The molecular weight excluding hydrogens is 371 g/mol. The molecule has 3 rings (SSSR count). The molecule has 1 heterocycles. The summed E-state index contributed by atoms with van der Waals surface area (Å²) in [5.41, 5.74) is 0.213. The van der Waals surface area contributed by atoms with Crippen LogP contribution in [-0.4, -0.2) is 22.8 Å². The zero-order valence-electron chi connectivity index (χ0n) is 15.2. The van der Waals surface area contributed by atoms with Gasteiger partial charge in [-0.2, -0.15) is 18.3 Å². The molecule has 0 aliphatic rings. The Morgan fingerprint density at radius 1 is 1.14 bits per heavy atom. The fourth-order valence-electron chi connectivity index (χ4n) is 2.83. The molecule has 0 atom stereocenters. The van der Waals surface area contributed by atoms with E-state index in [0.717, 1.165) is 16.3 Å². The second kappa shape index (κ2) is 7.75. The van der Waals surface area contributed by atoms with Crippen molar-refractivity contribution in [3.05, 3.63) is 71.4 Å². The molecule has 0 saturated carbocycles. The zero-order valence-corrected chi connectivity index (χ0v) is 15.2. The number of hydrogen-bond acceptors (Lipinski definition) is 3. The summed E-state index contributed by atoms with van der Waals surface area (Å²) >= 11 is 0. The number of methoxy groups -OCH3 is 1. The standard InChI is InChI=1S/C20H18F3N3O2/c1-13-10-18(24-19(27)12-14-6-5-7-15(11-14)28-2)26(25-13)17-9-4-3-8-16(17)20(21,22)23/h3-11H,12H2,1-2H3,(H,24,27). The minimum absolute atomic E-state index is 0.0440. The molecule has 0 spiro atoms. The van der Waals surface area contributed by atoms with E-state index in [1.54, 1.807) is 31.2 Å². The summed E-state index contributed by atoms with van der Waals surface area (Å²) in [6.07, 6.45) is -4.50. The van der Waals surface area contributed by atoms with E-state index >= 15 is 0 Å². The quantitative estimate of drug-likeness (QED) is 0.704. The number of alkyl halides is 3. The van der Waals surface area contributed by atoms with E-state index in [2.05, 4.69) is 10.4 Å². The molecule has 1 amide bonds. The smallest absolute Gasteiger partial charge is 0.418 e. The molecule has 0 bridgehead atoms. The predicted octanol–water partition coefficient (Wildman–Crippen LogP) is 4.39. The molecule has 1 aromatic heterocycles. The first-order chi connectivity index (χ1) is 13.3. The molecule has 2 aromatic carbocycles. The maximum Gasteiger partial charge on any atom is 0.418 e. The molecule has 0 aliphatic carbocycles. The number of aryl methyl sites for hydroxylation is 1. The summed E-state index contributed by atoms with van der Waals surface area (Å²) in [5.74, 6) is 0.409. The third kappa shape index (κ3) is 4.33. The molecule has 3 aromatic rings. The van der Waals surface area contributed by atoms with Crippen LogP contribution in [0.5, 0.6) is 5.75 Å². The van der Waals surface area contributed by atoms with Crippen LogP contribution >= 0.6 is 0 Å². The molecule has 146 valence electrons. The van der Waals surface area contributed by atoms with Crippen molar-refractivity contribution in [2.45, 2.75) is 19.5 Å². The Labute approximate surface area is 159 Å². The summed E-state index contributed by atoms with van der Waals surface area (Å²) in [6, 6.07) is 13.6. The van der Waals surface area contributed by atoms with Gasteiger partial charge in [0.1, 0.15) is 11.6 Å². The molecule has 5 nitrogen and oxygen atoms in total. The van der Waals surface area contributed by atoms with Gasteiger partial charge in [-0.1, -0.05) is 24.3 Å². The number of ether oxygens (including phenoxy) is 1. The highest BCUT2D eigenvalue weighted by atomic mass is 19.4. The number of amides is 1. The van der Waals surface area contributed by atoms with Crippen LogP contribution in [0.15, 0.2) is 54.6 Å². The van der Waals surface area contributed by atoms with Crippen LogP contribution < -0.4 is 10.1 Å². The van der Waals surface area contributed by atoms with E-state index in [9.17, 15) is 18.0 Å². The van der Waals surface area contributed by atoms with E-state index in [1.165, 1.54) is 31.4 Å². The van der Waals surface area contributed by atoms with Crippen molar-refractivity contribution in [1.29, 1.82) is 0 Å². The van der Waals surface area contributed by atoms with Gasteiger partial charge in [-0.25, -0.2) is 4.68 Å². The highest BCUT2D eigenvalue weighted by molar-refractivity contribution is 5.92. The van der Waals surface area contributed by atoms with Gasteiger partial charge in [-0.05, 0) is 36.8 Å². The highest BCUT2D eigenvalue weighted by Gasteiger charge is 2.34. The lowest BCUT2D eigenvalue weighted by Gasteiger charge is -2.15. The maximum absolute atomic E-state index is 13.4. The number of benzene rings is 2. The monoisotopic (exact) mass is 389 g/mol. The van der Waals surface area contributed by atoms with Crippen LogP contribution in [0.25, 0.3) is 5.69 Å². The molecule has 0 saturated heterocycles. The Bertz CT molecular complexity index is 996. The number of nitrogens with one attached hydrogen (secondary N) is 1. The molecule has 1 N–H and O–H groups in total. The summed E-state index contributed by atoms with van der Waals surface area (Å²) in [6.45, 7) is 1.64. The third-order valence-electron chi connectivity index (χ3n) is 4.04. The average Bonchev–Trinajstić information content (AvgIpc) is 3.01. The van der Waals surface area contributed by atoms with E-state index in [0.29, 0.717) is 11.4 Å². The minimum atomic E-state index is -4.54. The molecule has 8 heteroatoms. The molecule has 0 fully saturated rings. The van der Waals surface area contributed by atoms with Crippen molar-refractivity contribution in [2.75, 3.05) is 12.4 Å². The summed E-state index contributed by atoms with van der Waals surface area (Å²) in [7, 11) is 1.53. The molecule has 28 heavy (non-hydrogen) atoms. The van der Waals surface area contributed by atoms with Gasteiger partial charge in [-0.15, -0.1) is 0 Å². The predicted molar refractivity (Wildman–Crippen MR) is 98.6 cm³/mol. The van der Waals surface area contributed by atoms with Gasteiger partial charge in [0.25, 0.3) is 0 Å². The van der Waals surface area contributed by atoms with Gasteiger partial charge in [0.2, 0.25) is 5.91 Å². The van der Waals surface area contributed by atoms with Crippen molar-refractivity contribution in [1.82, 2.24) is 9.78 Å². The van der Waals surface area contributed by atoms with E-state index in [4.69, 9.17) is 4.74 Å². The normalized spacial score (nSPS) is 11.3. The van der Waals surface area contributed by atoms with E-state index in [-0.39, 0.29) is 23.8 Å². The number of halogens is 3. The first kappa shape index (κ1) is 19.5. The topological polar surface area (TPSA) is 56.1 Å². The molecule has 0 radical (unpaired) electrons. The number of hydrogen-bond donors (Lipinski definition) is 1. The largest absolute Gasteiger partial charge is 0.497 e.